The second kappa shape index (κ2) is 7.20. The third kappa shape index (κ3) is 3.52. The summed E-state index contributed by atoms with van der Waals surface area (Å²) in [6.07, 6.45) is 3.50. The first-order valence-electron chi connectivity index (χ1n) is 7.47. The van der Waals surface area contributed by atoms with E-state index in [1.165, 1.54) is 4.90 Å². The molecular weight excluding hydrogens is 349 g/mol. The van der Waals surface area contributed by atoms with Crippen LogP contribution in [0.4, 0.5) is 5.69 Å². The van der Waals surface area contributed by atoms with Crippen molar-refractivity contribution in [3.8, 4) is 0 Å². The number of benzene rings is 1. The zero-order valence-electron chi connectivity index (χ0n) is 12.7. The number of anilines is 1. The molecule has 24 heavy (non-hydrogen) atoms. The molecule has 1 atom stereocenters. The fraction of sp³-hybridized carbons (Fsp3) is 0.235. The van der Waals surface area contributed by atoms with Crippen LogP contribution in [0, 0.1) is 5.92 Å². The fourth-order valence-corrected chi connectivity index (χ4v) is 3.05. The Hall–Kier alpha value is -2.11. The van der Waals surface area contributed by atoms with E-state index in [4.69, 9.17) is 23.2 Å². The van der Waals surface area contributed by atoms with Crippen LogP contribution >= 0.6 is 23.2 Å². The van der Waals surface area contributed by atoms with E-state index in [9.17, 15) is 9.59 Å². The molecule has 1 saturated heterocycles. The smallest absolute Gasteiger partial charge is 0.227 e. The molecule has 2 heterocycles. The van der Waals surface area contributed by atoms with Crippen molar-refractivity contribution in [1.29, 1.82) is 0 Å². The molecule has 7 heteroatoms. The molecule has 1 N–H and O–H groups in total. The second-order valence-corrected chi connectivity index (χ2v) is 6.34. The predicted octanol–water partition coefficient (Wildman–Crippen LogP) is 3.06. The highest BCUT2D eigenvalue weighted by Gasteiger charge is 2.36. The van der Waals surface area contributed by atoms with E-state index in [0.717, 1.165) is 5.56 Å². The number of carbonyl (C=O) groups is 2. The van der Waals surface area contributed by atoms with E-state index >= 15 is 0 Å². The number of aromatic nitrogens is 1. The molecule has 0 radical (unpaired) electrons. The number of pyridine rings is 1. The summed E-state index contributed by atoms with van der Waals surface area (Å²) in [5, 5.41) is 3.56. The maximum atomic E-state index is 12.3. The summed E-state index contributed by atoms with van der Waals surface area (Å²) in [7, 11) is 0. The lowest BCUT2D eigenvalue weighted by molar-refractivity contribution is -0.126. The van der Waals surface area contributed by atoms with Crippen molar-refractivity contribution >= 4 is 40.7 Å². The van der Waals surface area contributed by atoms with E-state index in [1.807, 2.05) is 12.1 Å². The number of halogens is 2. The molecular formula is C17H15Cl2N3O2. The molecule has 3 rings (SSSR count). The van der Waals surface area contributed by atoms with Crippen LogP contribution in [0.5, 0.6) is 0 Å². The molecule has 1 unspecified atom stereocenters. The molecule has 124 valence electrons. The lowest BCUT2D eigenvalue weighted by atomic mass is 10.1. The van der Waals surface area contributed by atoms with Gasteiger partial charge in [-0.2, -0.15) is 0 Å². The van der Waals surface area contributed by atoms with Crippen LogP contribution in [-0.4, -0.2) is 23.3 Å². The Morgan fingerprint density at radius 2 is 2.00 bits per heavy atom. The summed E-state index contributed by atoms with van der Waals surface area (Å²) >= 11 is 12.2. The van der Waals surface area contributed by atoms with Crippen LogP contribution in [0.2, 0.25) is 10.0 Å². The second-order valence-electron chi connectivity index (χ2n) is 5.55. The Kier molecular flexibility index (Phi) is 5.02. The van der Waals surface area contributed by atoms with Crippen LogP contribution in [0.25, 0.3) is 0 Å². The molecule has 0 spiro atoms. The molecule has 1 aromatic carbocycles. The standard InChI is InChI=1S/C17H15Cl2N3O2/c18-13-2-1-3-14(16(13)19)22-10-12(8-15(22)23)17(24)21-9-11-4-6-20-7-5-11/h1-7,12H,8-10H2,(H,21,24). The summed E-state index contributed by atoms with van der Waals surface area (Å²) in [6, 6.07) is 8.78. The van der Waals surface area contributed by atoms with Crippen LogP contribution in [0.1, 0.15) is 12.0 Å². The number of nitrogens with zero attached hydrogens (tertiary/aromatic N) is 2. The lowest BCUT2D eigenvalue weighted by Gasteiger charge is -2.18. The van der Waals surface area contributed by atoms with Gasteiger partial charge in [0.05, 0.1) is 21.7 Å². The van der Waals surface area contributed by atoms with Crippen molar-refractivity contribution in [3.05, 3.63) is 58.3 Å². The average molecular weight is 364 g/mol. The van der Waals surface area contributed by atoms with Gasteiger partial charge in [-0.3, -0.25) is 14.6 Å². The van der Waals surface area contributed by atoms with Gasteiger partial charge in [-0.15, -0.1) is 0 Å². The van der Waals surface area contributed by atoms with Crippen LogP contribution in [-0.2, 0) is 16.1 Å². The summed E-state index contributed by atoms with van der Waals surface area (Å²) in [5.41, 5.74) is 1.50. The average Bonchev–Trinajstić information content (AvgIpc) is 2.98. The van der Waals surface area contributed by atoms with Crippen molar-refractivity contribution in [2.75, 3.05) is 11.4 Å². The predicted molar refractivity (Wildman–Crippen MR) is 93.0 cm³/mol. The molecule has 2 amide bonds. The number of amides is 2. The van der Waals surface area contributed by atoms with Gasteiger partial charge in [0.1, 0.15) is 0 Å². The maximum absolute atomic E-state index is 12.3. The first-order chi connectivity index (χ1) is 11.6. The minimum atomic E-state index is -0.408. The molecule has 0 bridgehead atoms. The van der Waals surface area contributed by atoms with Crippen LogP contribution in [0.15, 0.2) is 42.7 Å². The third-order valence-electron chi connectivity index (χ3n) is 3.93. The fourth-order valence-electron chi connectivity index (χ4n) is 2.65. The number of nitrogens with one attached hydrogen (secondary N) is 1. The Bertz CT molecular complexity index is 768. The van der Waals surface area contributed by atoms with Gasteiger partial charge in [0.15, 0.2) is 0 Å². The quantitative estimate of drug-likeness (QED) is 0.907. The normalized spacial score (nSPS) is 17.2. The molecule has 1 aliphatic rings. The van der Waals surface area contributed by atoms with Crippen molar-refractivity contribution in [2.45, 2.75) is 13.0 Å². The molecule has 1 aromatic heterocycles. The summed E-state index contributed by atoms with van der Waals surface area (Å²) in [4.78, 5) is 30.0. The van der Waals surface area contributed by atoms with Gasteiger partial charge in [-0.05, 0) is 29.8 Å². The molecule has 2 aromatic rings. The van der Waals surface area contributed by atoms with Crippen molar-refractivity contribution in [3.63, 3.8) is 0 Å². The highest BCUT2D eigenvalue weighted by atomic mass is 35.5. The number of hydrogen-bond donors (Lipinski definition) is 1. The van der Waals surface area contributed by atoms with E-state index in [0.29, 0.717) is 28.8 Å². The lowest BCUT2D eigenvalue weighted by Crippen LogP contribution is -2.32. The Labute approximate surface area is 149 Å². The zero-order chi connectivity index (χ0) is 17.1. The Morgan fingerprint density at radius 1 is 1.25 bits per heavy atom. The van der Waals surface area contributed by atoms with E-state index in [2.05, 4.69) is 10.3 Å². The van der Waals surface area contributed by atoms with Gasteiger partial charge >= 0.3 is 0 Å². The molecule has 0 aliphatic carbocycles. The Balaban J connectivity index is 1.66. The minimum absolute atomic E-state index is 0.136. The molecule has 5 nitrogen and oxygen atoms in total. The monoisotopic (exact) mass is 363 g/mol. The van der Waals surface area contributed by atoms with Crippen molar-refractivity contribution < 1.29 is 9.59 Å². The van der Waals surface area contributed by atoms with Crippen molar-refractivity contribution in [1.82, 2.24) is 10.3 Å². The summed E-state index contributed by atoms with van der Waals surface area (Å²) in [6.45, 7) is 0.699. The zero-order valence-corrected chi connectivity index (χ0v) is 14.2. The van der Waals surface area contributed by atoms with Gasteiger partial charge in [-0.25, -0.2) is 0 Å². The van der Waals surface area contributed by atoms with E-state index < -0.39 is 5.92 Å². The highest BCUT2D eigenvalue weighted by molar-refractivity contribution is 6.44. The van der Waals surface area contributed by atoms with Crippen LogP contribution < -0.4 is 10.2 Å². The molecule has 0 saturated carbocycles. The first-order valence-corrected chi connectivity index (χ1v) is 8.23. The topological polar surface area (TPSA) is 62.3 Å². The summed E-state index contributed by atoms with van der Waals surface area (Å²) in [5.74, 6) is -0.696. The number of rotatable bonds is 4. The number of hydrogen-bond acceptors (Lipinski definition) is 3. The SMILES string of the molecule is O=C(NCc1ccncc1)C1CC(=O)N(c2cccc(Cl)c2Cl)C1. The van der Waals surface area contributed by atoms with Crippen LogP contribution in [0.3, 0.4) is 0 Å². The highest BCUT2D eigenvalue weighted by Crippen LogP contribution is 2.35. The van der Waals surface area contributed by atoms with Gasteiger partial charge < -0.3 is 10.2 Å². The minimum Gasteiger partial charge on any atom is -0.352 e. The van der Waals surface area contributed by atoms with Gasteiger partial charge in [0, 0.05) is 31.9 Å². The molecule has 1 aliphatic heterocycles. The van der Waals surface area contributed by atoms with Crippen molar-refractivity contribution in [2.24, 2.45) is 5.92 Å². The third-order valence-corrected chi connectivity index (χ3v) is 4.74. The Morgan fingerprint density at radius 3 is 2.75 bits per heavy atom. The van der Waals surface area contributed by atoms with E-state index in [1.54, 1.807) is 30.6 Å². The first kappa shape index (κ1) is 16.7. The van der Waals surface area contributed by atoms with E-state index in [-0.39, 0.29) is 18.2 Å². The van der Waals surface area contributed by atoms with Gasteiger partial charge in [0.2, 0.25) is 11.8 Å². The largest absolute Gasteiger partial charge is 0.352 e. The maximum Gasteiger partial charge on any atom is 0.227 e. The number of carbonyl (C=O) groups excluding carboxylic acids is 2. The van der Waals surface area contributed by atoms with Gasteiger partial charge in [-0.1, -0.05) is 29.3 Å². The summed E-state index contributed by atoms with van der Waals surface area (Å²) < 4.78 is 0. The van der Waals surface area contributed by atoms with Gasteiger partial charge in [0.25, 0.3) is 0 Å². The molecule has 1 fully saturated rings.